The summed E-state index contributed by atoms with van der Waals surface area (Å²) in [5.41, 5.74) is 0.630. The summed E-state index contributed by atoms with van der Waals surface area (Å²) in [7, 11) is 0. The molecule has 0 bridgehead atoms. The highest BCUT2D eigenvalue weighted by molar-refractivity contribution is 7.16. The Morgan fingerprint density at radius 2 is 1.95 bits per heavy atom. The highest BCUT2D eigenvalue weighted by Crippen LogP contribution is 2.26. The molecule has 1 heterocycles. The summed E-state index contributed by atoms with van der Waals surface area (Å²) < 4.78 is 0.759. The zero-order chi connectivity index (χ0) is 13.8. The smallest absolute Gasteiger partial charge is 0.0931 e. The Bertz CT molecular complexity index is 559. The third kappa shape index (κ3) is 4.35. The first-order chi connectivity index (χ1) is 9.06. The second-order valence-electron chi connectivity index (χ2n) is 4.02. The topological polar surface area (TPSA) is 32.3 Å². The molecule has 0 saturated heterocycles. The van der Waals surface area contributed by atoms with E-state index >= 15 is 0 Å². The van der Waals surface area contributed by atoms with Crippen LogP contribution in [0, 0.1) is 0 Å². The molecule has 2 rings (SSSR count). The SMILES string of the molecule is OC(CNCc1ccc(Cl)s1)c1cc(Cl)ccc1Cl. The molecule has 102 valence electrons. The minimum atomic E-state index is -0.693. The maximum atomic E-state index is 10.1. The van der Waals surface area contributed by atoms with Crippen LogP contribution in [0.25, 0.3) is 0 Å². The summed E-state index contributed by atoms with van der Waals surface area (Å²) in [6.07, 6.45) is -0.693. The number of aliphatic hydroxyl groups is 1. The number of hydrogen-bond acceptors (Lipinski definition) is 3. The first kappa shape index (κ1) is 15.1. The minimum Gasteiger partial charge on any atom is -0.387 e. The molecule has 0 spiro atoms. The van der Waals surface area contributed by atoms with E-state index in [0.717, 1.165) is 9.21 Å². The average Bonchev–Trinajstić information content (AvgIpc) is 2.78. The van der Waals surface area contributed by atoms with Crippen molar-refractivity contribution < 1.29 is 5.11 Å². The molecule has 0 radical (unpaired) electrons. The molecule has 2 N–H and O–H groups in total. The van der Waals surface area contributed by atoms with Gasteiger partial charge in [0.1, 0.15) is 0 Å². The van der Waals surface area contributed by atoms with E-state index in [0.29, 0.717) is 28.7 Å². The van der Waals surface area contributed by atoms with Crippen LogP contribution < -0.4 is 5.32 Å². The zero-order valence-electron chi connectivity index (χ0n) is 9.87. The maximum Gasteiger partial charge on any atom is 0.0931 e. The average molecular weight is 337 g/mol. The zero-order valence-corrected chi connectivity index (χ0v) is 13.0. The predicted molar refractivity (Wildman–Crippen MR) is 82.5 cm³/mol. The van der Waals surface area contributed by atoms with Crippen LogP contribution in [0.5, 0.6) is 0 Å². The molecule has 0 aliphatic heterocycles. The molecular weight excluding hydrogens is 325 g/mol. The lowest BCUT2D eigenvalue weighted by Gasteiger charge is -2.13. The van der Waals surface area contributed by atoms with E-state index < -0.39 is 6.10 Å². The largest absolute Gasteiger partial charge is 0.387 e. The van der Waals surface area contributed by atoms with Crippen LogP contribution in [0.15, 0.2) is 30.3 Å². The maximum absolute atomic E-state index is 10.1. The Morgan fingerprint density at radius 1 is 1.16 bits per heavy atom. The third-order valence-electron chi connectivity index (χ3n) is 2.58. The Hall–Kier alpha value is -0.290. The van der Waals surface area contributed by atoms with Gasteiger partial charge in [-0.3, -0.25) is 0 Å². The van der Waals surface area contributed by atoms with Crippen LogP contribution in [-0.4, -0.2) is 11.7 Å². The number of hydrogen-bond donors (Lipinski definition) is 2. The summed E-state index contributed by atoms with van der Waals surface area (Å²) in [6.45, 7) is 1.06. The molecule has 0 aliphatic rings. The van der Waals surface area contributed by atoms with Crippen molar-refractivity contribution >= 4 is 46.1 Å². The van der Waals surface area contributed by atoms with Gasteiger partial charge in [0.15, 0.2) is 0 Å². The molecule has 0 aliphatic carbocycles. The van der Waals surface area contributed by atoms with Crippen molar-refractivity contribution in [2.24, 2.45) is 0 Å². The van der Waals surface area contributed by atoms with Crippen molar-refractivity contribution in [3.05, 3.63) is 55.2 Å². The number of thiophene rings is 1. The van der Waals surface area contributed by atoms with E-state index in [1.165, 1.54) is 11.3 Å². The van der Waals surface area contributed by atoms with E-state index in [-0.39, 0.29) is 0 Å². The van der Waals surface area contributed by atoms with Gasteiger partial charge in [-0.2, -0.15) is 0 Å². The fourth-order valence-electron chi connectivity index (χ4n) is 1.66. The van der Waals surface area contributed by atoms with Crippen molar-refractivity contribution in [1.29, 1.82) is 0 Å². The Kier molecular flexibility index (Phi) is 5.51. The summed E-state index contributed by atoms with van der Waals surface area (Å²) in [4.78, 5) is 1.12. The Morgan fingerprint density at radius 3 is 2.63 bits per heavy atom. The molecule has 6 heteroatoms. The number of aliphatic hydroxyl groups excluding tert-OH is 1. The van der Waals surface area contributed by atoms with Gasteiger partial charge in [-0.05, 0) is 30.3 Å². The second-order valence-corrected chi connectivity index (χ2v) is 6.66. The lowest BCUT2D eigenvalue weighted by atomic mass is 10.1. The van der Waals surface area contributed by atoms with Crippen molar-refractivity contribution in [3.8, 4) is 0 Å². The van der Waals surface area contributed by atoms with Gasteiger partial charge in [-0.15, -0.1) is 11.3 Å². The lowest BCUT2D eigenvalue weighted by Crippen LogP contribution is -2.20. The van der Waals surface area contributed by atoms with Gasteiger partial charge in [0.2, 0.25) is 0 Å². The van der Waals surface area contributed by atoms with Crippen LogP contribution in [0.2, 0.25) is 14.4 Å². The van der Waals surface area contributed by atoms with E-state index in [4.69, 9.17) is 34.8 Å². The molecule has 2 nitrogen and oxygen atoms in total. The Balaban J connectivity index is 1.90. The van der Waals surface area contributed by atoms with E-state index in [9.17, 15) is 5.11 Å². The van der Waals surface area contributed by atoms with Crippen molar-refractivity contribution in [1.82, 2.24) is 5.32 Å². The Labute approximate surface area is 130 Å². The van der Waals surface area contributed by atoms with Gasteiger partial charge in [0.25, 0.3) is 0 Å². The molecule has 0 amide bonds. The van der Waals surface area contributed by atoms with Crippen LogP contribution in [0.3, 0.4) is 0 Å². The highest BCUT2D eigenvalue weighted by Gasteiger charge is 2.12. The fourth-order valence-corrected chi connectivity index (χ4v) is 3.14. The van der Waals surface area contributed by atoms with Gasteiger partial charge in [-0.1, -0.05) is 34.8 Å². The van der Waals surface area contributed by atoms with Crippen molar-refractivity contribution in [2.45, 2.75) is 12.6 Å². The first-order valence-corrected chi connectivity index (χ1v) is 7.59. The van der Waals surface area contributed by atoms with Crippen molar-refractivity contribution in [3.63, 3.8) is 0 Å². The monoisotopic (exact) mass is 335 g/mol. The fraction of sp³-hybridized carbons (Fsp3) is 0.231. The molecule has 0 saturated carbocycles. The third-order valence-corrected chi connectivity index (χ3v) is 4.39. The highest BCUT2D eigenvalue weighted by atomic mass is 35.5. The van der Waals surface area contributed by atoms with Crippen LogP contribution in [-0.2, 0) is 6.54 Å². The quantitative estimate of drug-likeness (QED) is 0.840. The molecule has 1 aromatic heterocycles. The normalized spacial score (nSPS) is 12.6. The summed E-state index contributed by atoms with van der Waals surface area (Å²) in [5.74, 6) is 0. The van der Waals surface area contributed by atoms with Crippen molar-refractivity contribution in [2.75, 3.05) is 6.54 Å². The number of rotatable bonds is 5. The van der Waals surface area contributed by atoms with Crippen LogP contribution in [0.4, 0.5) is 0 Å². The summed E-state index contributed by atoms with van der Waals surface area (Å²) in [5, 5.41) is 14.3. The van der Waals surface area contributed by atoms with E-state index in [1.807, 2.05) is 12.1 Å². The molecule has 0 fully saturated rings. The van der Waals surface area contributed by atoms with E-state index in [2.05, 4.69) is 5.32 Å². The number of halogens is 3. The molecule has 2 aromatic rings. The molecule has 1 atom stereocenters. The van der Waals surface area contributed by atoms with Gasteiger partial charge >= 0.3 is 0 Å². The molecular formula is C13H12Cl3NOS. The molecule has 1 unspecified atom stereocenters. The van der Waals surface area contributed by atoms with Crippen LogP contribution in [0.1, 0.15) is 16.5 Å². The predicted octanol–water partition coefficient (Wildman–Crippen LogP) is 4.53. The summed E-state index contributed by atoms with van der Waals surface area (Å²) >= 11 is 19.3. The number of nitrogens with one attached hydrogen (secondary N) is 1. The number of benzene rings is 1. The standard InChI is InChI=1S/C13H12Cl3NOS/c14-8-1-3-11(15)10(5-8)12(18)7-17-6-9-2-4-13(16)19-9/h1-5,12,17-18H,6-7H2. The molecule has 19 heavy (non-hydrogen) atoms. The van der Waals surface area contributed by atoms with Gasteiger partial charge < -0.3 is 10.4 Å². The lowest BCUT2D eigenvalue weighted by molar-refractivity contribution is 0.174. The van der Waals surface area contributed by atoms with E-state index in [1.54, 1.807) is 18.2 Å². The van der Waals surface area contributed by atoms with Gasteiger partial charge in [-0.25, -0.2) is 0 Å². The van der Waals surface area contributed by atoms with Gasteiger partial charge in [0.05, 0.1) is 10.4 Å². The summed E-state index contributed by atoms with van der Waals surface area (Å²) in [6, 6.07) is 8.87. The van der Waals surface area contributed by atoms with Gasteiger partial charge in [0, 0.05) is 33.6 Å². The minimum absolute atomic E-state index is 0.398. The second kappa shape index (κ2) is 6.93. The van der Waals surface area contributed by atoms with Crippen LogP contribution >= 0.6 is 46.1 Å². The molecule has 1 aromatic carbocycles. The first-order valence-electron chi connectivity index (χ1n) is 5.64.